The maximum atomic E-state index is 12.3. The first-order valence-electron chi connectivity index (χ1n) is 6.79. The number of likely N-dealkylation sites (tertiary alicyclic amines) is 1. The first-order chi connectivity index (χ1) is 9.50. The number of aromatic nitrogens is 1. The summed E-state index contributed by atoms with van der Waals surface area (Å²) in [6, 6.07) is 0. The number of ketones is 1. The Morgan fingerprint density at radius 2 is 2.30 bits per heavy atom. The second-order valence-electron chi connectivity index (χ2n) is 6.01. The highest BCUT2D eigenvalue weighted by molar-refractivity contribution is 6.10. The minimum atomic E-state index is -0.358. The third kappa shape index (κ3) is 1.10. The Balaban J connectivity index is 2.01. The quantitative estimate of drug-likeness (QED) is 0.785. The van der Waals surface area contributed by atoms with E-state index in [1.165, 1.54) is 7.11 Å². The van der Waals surface area contributed by atoms with Crippen LogP contribution in [0.4, 0.5) is 0 Å². The number of nitrogens with one attached hydrogen (secondary N) is 1. The van der Waals surface area contributed by atoms with Crippen LogP contribution in [0.1, 0.15) is 38.5 Å². The first kappa shape index (κ1) is 11.8. The Bertz CT molecular complexity index is 700. The number of aromatic amines is 1. The lowest BCUT2D eigenvalue weighted by Gasteiger charge is -2.26. The highest BCUT2D eigenvalue weighted by Gasteiger charge is 2.67. The van der Waals surface area contributed by atoms with Crippen LogP contribution in [0.3, 0.4) is 0 Å². The molecule has 1 spiro atoms. The van der Waals surface area contributed by atoms with Crippen molar-refractivity contribution in [2.45, 2.75) is 18.8 Å². The molecular weight excluding hydrogens is 256 g/mol. The summed E-state index contributed by atoms with van der Waals surface area (Å²) < 4.78 is 4.91. The summed E-state index contributed by atoms with van der Waals surface area (Å²) in [4.78, 5) is 29.7. The predicted molar refractivity (Wildman–Crippen MR) is 71.7 cm³/mol. The summed E-state index contributed by atoms with van der Waals surface area (Å²) in [5.74, 6) is 0.103. The van der Waals surface area contributed by atoms with E-state index in [4.69, 9.17) is 4.74 Å². The van der Waals surface area contributed by atoms with E-state index in [1.54, 1.807) is 6.08 Å². The molecule has 1 saturated heterocycles. The zero-order valence-corrected chi connectivity index (χ0v) is 11.7. The molecule has 1 aromatic heterocycles. The van der Waals surface area contributed by atoms with Gasteiger partial charge in [0.2, 0.25) is 5.78 Å². The number of rotatable bonds is 1. The zero-order chi connectivity index (χ0) is 14.2. The molecule has 1 saturated carbocycles. The van der Waals surface area contributed by atoms with Crippen molar-refractivity contribution in [2.75, 3.05) is 20.7 Å². The highest BCUT2D eigenvalue weighted by Crippen LogP contribution is 2.67. The number of esters is 1. The van der Waals surface area contributed by atoms with Crippen LogP contribution in [-0.2, 0) is 10.2 Å². The van der Waals surface area contributed by atoms with Crippen LogP contribution in [0.25, 0.3) is 0 Å². The van der Waals surface area contributed by atoms with Crippen molar-refractivity contribution < 1.29 is 14.3 Å². The minimum Gasteiger partial charge on any atom is -0.465 e. The van der Waals surface area contributed by atoms with Crippen molar-refractivity contribution in [3.05, 3.63) is 34.3 Å². The molecule has 5 heteroatoms. The molecule has 104 valence electrons. The number of H-pyrrole nitrogens is 1. The van der Waals surface area contributed by atoms with Crippen LogP contribution >= 0.6 is 0 Å². The Morgan fingerprint density at radius 3 is 3.00 bits per heavy atom. The third-order valence-corrected chi connectivity index (χ3v) is 5.01. The van der Waals surface area contributed by atoms with Crippen LogP contribution in [0.2, 0.25) is 0 Å². The van der Waals surface area contributed by atoms with Gasteiger partial charge in [0.15, 0.2) is 0 Å². The normalized spacial score (nSPS) is 29.6. The van der Waals surface area contributed by atoms with Crippen molar-refractivity contribution in [2.24, 2.45) is 5.92 Å². The largest absolute Gasteiger partial charge is 0.465 e. The fraction of sp³-hybridized carbons (Fsp3) is 0.467. The van der Waals surface area contributed by atoms with E-state index >= 15 is 0 Å². The van der Waals surface area contributed by atoms with E-state index in [9.17, 15) is 9.59 Å². The molecule has 20 heavy (non-hydrogen) atoms. The molecular formula is C15H16N2O3. The second kappa shape index (κ2) is 3.34. The molecule has 1 N–H and O–H groups in total. The Kier molecular flexibility index (Phi) is 1.96. The van der Waals surface area contributed by atoms with Gasteiger partial charge < -0.3 is 14.6 Å². The number of carbonyl (C=O) groups excluding carboxylic acids is 2. The fourth-order valence-corrected chi connectivity index (χ4v) is 4.12. The first-order valence-corrected chi connectivity index (χ1v) is 6.79. The van der Waals surface area contributed by atoms with Gasteiger partial charge in [-0.25, -0.2) is 4.79 Å². The van der Waals surface area contributed by atoms with Crippen LogP contribution in [0, 0.1) is 12.8 Å². The molecule has 1 aliphatic heterocycles. The molecule has 4 rings (SSSR count). The number of aryl methyl sites for hydroxylation is 1. The highest BCUT2D eigenvalue weighted by atomic mass is 16.5. The molecule has 2 atom stereocenters. The van der Waals surface area contributed by atoms with E-state index in [1.807, 2.05) is 14.0 Å². The molecule has 0 aromatic carbocycles. The number of allylic oxidation sites excluding steroid dienone is 2. The summed E-state index contributed by atoms with van der Waals surface area (Å²) >= 11 is 0. The van der Waals surface area contributed by atoms with E-state index in [-0.39, 0.29) is 17.2 Å². The number of hydrogen-bond acceptors (Lipinski definition) is 4. The van der Waals surface area contributed by atoms with Crippen molar-refractivity contribution in [1.29, 1.82) is 0 Å². The topological polar surface area (TPSA) is 62.4 Å². The van der Waals surface area contributed by atoms with Gasteiger partial charge in [0.25, 0.3) is 0 Å². The summed E-state index contributed by atoms with van der Waals surface area (Å²) in [6.07, 6.45) is 2.75. The predicted octanol–water partition coefficient (Wildman–Crippen LogP) is 1.39. The van der Waals surface area contributed by atoms with E-state index in [2.05, 4.69) is 9.88 Å². The van der Waals surface area contributed by atoms with Gasteiger partial charge in [-0.1, -0.05) is 0 Å². The van der Waals surface area contributed by atoms with Gasteiger partial charge >= 0.3 is 5.97 Å². The number of nitrogens with zero attached hydrogens (tertiary/aromatic N) is 1. The summed E-state index contributed by atoms with van der Waals surface area (Å²) in [5.41, 5.74) is 3.65. The van der Waals surface area contributed by atoms with E-state index in [0.29, 0.717) is 17.2 Å². The van der Waals surface area contributed by atoms with Crippen molar-refractivity contribution in [1.82, 2.24) is 9.88 Å². The van der Waals surface area contributed by atoms with Crippen LogP contribution in [0.5, 0.6) is 0 Å². The molecule has 0 amide bonds. The van der Waals surface area contributed by atoms with Gasteiger partial charge in [-0.05, 0) is 19.3 Å². The molecule has 0 bridgehead atoms. The number of carbonyl (C=O) groups is 2. The Hall–Kier alpha value is -2.04. The van der Waals surface area contributed by atoms with Gasteiger partial charge in [-0.2, -0.15) is 0 Å². The standard InChI is InChI=1S/C15H16N2O3/c1-7-11(14(19)20-3)12-13(16-7)9(18)4-10-15(12)5-8(15)6-17(10)2/h4,8,16H,5-6H2,1-3H3/t8-,15+/m1/s1. The summed E-state index contributed by atoms with van der Waals surface area (Å²) in [6.45, 7) is 2.77. The number of hydrogen-bond donors (Lipinski definition) is 1. The van der Waals surface area contributed by atoms with Crippen LogP contribution in [-0.4, -0.2) is 42.3 Å². The van der Waals surface area contributed by atoms with Gasteiger partial charge in [0.05, 0.1) is 18.4 Å². The summed E-state index contributed by atoms with van der Waals surface area (Å²) in [5, 5.41) is 0. The van der Waals surface area contributed by atoms with Crippen LogP contribution in [0.15, 0.2) is 11.8 Å². The number of likely N-dealkylation sites (N-methyl/N-ethyl adjacent to an activating group) is 1. The Labute approximate surface area is 116 Å². The Morgan fingerprint density at radius 1 is 1.55 bits per heavy atom. The third-order valence-electron chi connectivity index (χ3n) is 5.01. The lowest BCUT2D eigenvalue weighted by molar-refractivity contribution is 0.0598. The van der Waals surface area contributed by atoms with Gasteiger partial charge in [-0.3, -0.25) is 4.79 Å². The monoisotopic (exact) mass is 272 g/mol. The molecule has 2 fully saturated rings. The maximum absolute atomic E-state index is 12.3. The average molecular weight is 272 g/mol. The smallest absolute Gasteiger partial charge is 0.340 e. The molecule has 2 heterocycles. The molecule has 2 aliphatic carbocycles. The maximum Gasteiger partial charge on any atom is 0.340 e. The lowest BCUT2D eigenvalue weighted by Crippen LogP contribution is -2.27. The average Bonchev–Trinajstić information content (AvgIpc) is 2.86. The molecule has 0 unspecified atom stereocenters. The molecule has 5 nitrogen and oxygen atoms in total. The number of methoxy groups -OCH3 is 1. The van der Waals surface area contributed by atoms with E-state index < -0.39 is 0 Å². The van der Waals surface area contributed by atoms with Crippen molar-refractivity contribution in [3.8, 4) is 0 Å². The van der Waals surface area contributed by atoms with Gasteiger partial charge in [0, 0.05) is 42.0 Å². The lowest BCUT2D eigenvalue weighted by atomic mass is 9.82. The number of ether oxygens (including phenoxy) is 1. The number of fused-ring (bicyclic) bond motifs is 1. The van der Waals surface area contributed by atoms with E-state index in [0.717, 1.165) is 29.9 Å². The van der Waals surface area contributed by atoms with Crippen LogP contribution < -0.4 is 0 Å². The molecule has 3 aliphatic rings. The minimum absolute atomic E-state index is 0.0433. The second-order valence-corrected chi connectivity index (χ2v) is 6.01. The van der Waals surface area contributed by atoms with Crippen molar-refractivity contribution in [3.63, 3.8) is 0 Å². The van der Waals surface area contributed by atoms with Gasteiger partial charge in [-0.15, -0.1) is 0 Å². The summed E-state index contributed by atoms with van der Waals surface area (Å²) in [7, 11) is 3.39. The zero-order valence-electron chi connectivity index (χ0n) is 11.7. The fourth-order valence-electron chi connectivity index (χ4n) is 4.12. The van der Waals surface area contributed by atoms with Gasteiger partial charge in [0.1, 0.15) is 0 Å². The SMILES string of the molecule is COC(=O)c1c(C)[nH]c2c1[C@@]13C[C@@H]1CN(C)C3=CC2=O. The molecule has 1 aromatic rings. The number of piperidine rings is 1. The molecule has 0 radical (unpaired) electrons. The van der Waals surface area contributed by atoms with Crippen molar-refractivity contribution >= 4 is 11.8 Å².